The largest absolute Gasteiger partial charge is 0.300 e. The van der Waals surface area contributed by atoms with E-state index in [2.05, 4.69) is 0 Å². The second kappa shape index (κ2) is 4.58. The monoisotopic (exact) mass is 368 g/mol. The Morgan fingerprint density at radius 1 is 1.22 bits per heavy atom. The lowest BCUT2D eigenvalue weighted by Crippen LogP contribution is -2.44. The van der Waals surface area contributed by atoms with E-state index in [9.17, 15) is 4.79 Å². The van der Waals surface area contributed by atoms with Crippen LogP contribution in [0, 0.1) is 5.92 Å². The zero-order valence-electron chi connectivity index (χ0n) is 9.37. The summed E-state index contributed by atoms with van der Waals surface area (Å²) in [5.41, 5.74) is 0. The van der Waals surface area contributed by atoms with Crippen molar-refractivity contribution in [2.75, 3.05) is 0 Å². The van der Waals surface area contributed by atoms with Crippen molar-refractivity contribution in [2.24, 2.45) is 5.92 Å². The molecule has 2 aliphatic carbocycles. The fourth-order valence-corrected chi connectivity index (χ4v) is 5.59. The van der Waals surface area contributed by atoms with Gasteiger partial charge < -0.3 is 4.79 Å². The number of fused-ring (bicyclic) bond motifs is 2. The number of hydrogen-bond acceptors (Lipinski definition) is 1. The standard InChI is InChI=1S/C11H10Cl6O/c1-5(18)2-3-6-4-9(14)7(12)8(13)10(6,15)11(9,16)17/h6H,2-4H2,1H3. The number of carbonyl (C=O) groups excluding carboxylic acids is 1. The number of rotatable bonds is 3. The predicted molar refractivity (Wildman–Crippen MR) is 78.4 cm³/mol. The van der Waals surface area contributed by atoms with E-state index in [4.69, 9.17) is 69.6 Å². The molecule has 3 unspecified atom stereocenters. The average Bonchev–Trinajstić information content (AvgIpc) is 2.48. The van der Waals surface area contributed by atoms with Crippen molar-refractivity contribution in [3.05, 3.63) is 10.1 Å². The van der Waals surface area contributed by atoms with Gasteiger partial charge in [-0.15, -0.1) is 23.2 Å². The first-order chi connectivity index (χ1) is 8.09. The number of hydrogen-bond donors (Lipinski definition) is 0. The summed E-state index contributed by atoms with van der Waals surface area (Å²) in [5, 5.41) is 0.413. The minimum atomic E-state index is -1.47. The van der Waals surface area contributed by atoms with Crippen LogP contribution in [0.2, 0.25) is 0 Å². The van der Waals surface area contributed by atoms with Gasteiger partial charge in [-0.2, -0.15) is 0 Å². The lowest BCUT2D eigenvalue weighted by molar-refractivity contribution is -0.117. The highest BCUT2D eigenvalue weighted by molar-refractivity contribution is 6.65. The number of ketones is 1. The zero-order valence-corrected chi connectivity index (χ0v) is 13.9. The number of carbonyl (C=O) groups is 1. The van der Waals surface area contributed by atoms with E-state index in [0.717, 1.165) is 0 Å². The van der Waals surface area contributed by atoms with Gasteiger partial charge in [0.15, 0.2) is 4.33 Å². The van der Waals surface area contributed by atoms with Crippen molar-refractivity contribution in [3.63, 3.8) is 0 Å². The molecule has 2 aliphatic rings. The molecule has 2 rings (SSSR count). The Hall–Kier alpha value is 1.15. The van der Waals surface area contributed by atoms with Crippen LogP contribution in [-0.2, 0) is 4.79 Å². The molecule has 0 saturated heterocycles. The third-order valence-corrected chi connectivity index (χ3v) is 8.07. The highest BCUT2D eigenvalue weighted by atomic mass is 35.5. The summed E-state index contributed by atoms with van der Waals surface area (Å²) in [7, 11) is 0. The van der Waals surface area contributed by atoms with Crippen LogP contribution in [0.15, 0.2) is 10.1 Å². The Morgan fingerprint density at radius 3 is 2.17 bits per heavy atom. The summed E-state index contributed by atoms with van der Waals surface area (Å²) in [5.74, 6) is -0.104. The normalized spacial score (nSPS) is 41.6. The quantitative estimate of drug-likeness (QED) is 0.623. The van der Waals surface area contributed by atoms with Gasteiger partial charge in [0.05, 0.1) is 10.1 Å². The Bertz CT molecular complexity index is 445. The van der Waals surface area contributed by atoms with Crippen LogP contribution < -0.4 is 0 Å². The molecular weight excluding hydrogens is 361 g/mol. The molecule has 0 heterocycles. The summed E-state index contributed by atoms with van der Waals surface area (Å²) in [6.07, 6.45) is 1.33. The van der Waals surface area contributed by atoms with Gasteiger partial charge in [0.2, 0.25) is 0 Å². The number of halogens is 6. The molecule has 7 heteroatoms. The van der Waals surface area contributed by atoms with Gasteiger partial charge in [0, 0.05) is 6.42 Å². The number of alkyl halides is 4. The molecule has 3 atom stereocenters. The van der Waals surface area contributed by atoms with Crippen LogP contribution >= 0.6 is 69.6 Å². The van der Waals surface area contributed by atoms with Crippen LogP contribution in [0.3, 0.4) is 0 Å². The Kier molecular flexibility index (Phi) is 3.95. The summed E-state index contributed by atoms with van der Waals surface area (Å²) in [6, 6.07) is 0. The van der Waals surface area contributed by atoms with E-state index < -0.39 is 14.1 Å². The molecular formula is C11H10Cl6O. The Labute approximate surface area is 136 Å². The molecule has 0 amide bonds. The maximum atomic E-state index is 11.1. The Balaban J connectivity index is 2.40. The third kappa shape index (κ3) is 1.71. The van der Waals surface area contributed by atoms with Gasteiger partial charge in [-0.1, -0.05) is 46.4 Å². The smallest absolute Gasteiger partial charge is 0.166 e. The van der Waals surface area contributed by atoms with Crippen molar-refractivity contribution < 1.29 is 4.79 Å². The summed E-state index contributed by atoms with van der Waals surface area (Å²) in [4.78, 5) is 8.70. The Morgan fingerprint density at radius 2 is 1.78 bits per heavy atom. The van der Waals surface area contributed by atoms with Gasteiger partial charge in [-0.3, -0.25) is 0 Å². The molecule has 2 bridgehead atoms. The van der Waals surface area contributed by atoms with Gasteiger partial charge in [0.1, 0.15) is 15.5 Å². The topological polar surface area (TPSA) is 17.1 Å². The maximum absolute atomic E-state index is 11.1. The van der Waals surface area contributed by atoms with Gasteiger partial charge in [-0.05, 0) is 25.7 Å². The first-order valence-electron chi connectivity index (χ1n) is 5.40. The van der Waals surface area contributed by atoms with Crippen molar-refractivity contribution in [1.82, 2.24) is 0 Å². The van der Waals surface area contributed by atoms with Crippen molar-refractivity contribution in [3.8, 4) is 0 Å². The van der Waals surface area contributed by atoms with Crippen molar-refractivity contribution in [1.29, 1.82) is 0 Å². The summed E-state index contributed by atoms with van der Waals surface area (Å²) >= 11 is 37.9. The van der Waals surface area contributed by atoms with Gasteiger partial charge in [0.25, 0.3) is 0 Å². The molecule has 0 aromatic heterocycles. The van der Waals surface area contributed by atoms with Crippen LogP contribution in [-0.4, -0.2) is 19.9 Å². The van der Waals surface area contributed by atoms with Crippen LogP contribution in [0.4, 0.5) is 0 Å². The average molecular weight is 371 g/mol. The lowest BCUT2D eigenvalue weighted by Gasteiger charge is -2.33. The minimum Gasteiger partial charge on any atom is -0.300 e. The van der Waals surface area contributed by atoms with E-state index in [1.165, 1.54) is 6.92 Å². The fraction of sp³-hybridized carbons (Fsp3) is 0.727. The third-order valence-electron chi connectivity index (χ3n) is 3.75. The number of Topliss-reactive ketones (excluding diaryl/α,β-unsaturated/α-hetero) is 1. The van der Waals surface area contributed by atoms with Crippen LogP contribution in [0.1, 0.15) is 26.2 Å². The minimum absolute atomic E-state index is 0.0719. The molecule has 0 spiro atoms. The van der Waals surface area contributed by atoms with E-state index in [1.54, 1.807) is 0 Å². The molecule has 102 valence electrons. The molecule has 0 aromatic rings. The second-order valence-corrected chi connectivity index (χ2v) is 8.18. The van der Waals surface area contributed by atoms with Crippen molar-refractivity contribution in [2.45, 2.75) is 40.3 Å². The summed E-state index contributed by atoms with van der Waals surface area (Å²) in [6.45, 7) is 1.52. The van der Waals surface area contributed by atoms with Crippen LogP contribution in [0.25, 0.3) is 0 Å². The van der Waals surface area contributed by atoms with Gasteiger partial charge in [-0.25, -0.2) is 0 Å². The second-order valence-electron chi connectivity index (χ2n) is 4.86. The van der Waals surface area contributed by atoms with Gasteiger partial charge >= 0.3 is 0 Å². The SMILES string of the molecule is CC(=O)CCC1CC2(Cl)C(Cl)=C(Cl)C1(Cl)C2(Cl)Cl. The van der Waals surface area contributed by atoms with E-state index in [1.807, 2.05) is 0 Å². The fourth-order valence-electron chi connectivity index (χ4n) is 2.71. The molecule has 0 aromatic carbocycles. The predicted octanol–water partition coefficient (Wildman–Crippen LogP) is 5.21. The lowest BCUT2D eigenvalue weighted by atomic mass is 9.87. The molecule has 1 fully saturated rings. The van der Waals surface area contributed by atoms with E-state index in [0.29, 0.717) is 19.3 Å². The number of allylic oxidation sites excluding steroid dienone is 2. The van der Waals surface area contributed by atoms with Crippen molar-refractivity contribution >= 4 is 75.4 Å². The van der Waals surface area contributed by atoms with E-state index in [-0.39, 0.29) is 21.8 Å². The van der Waals surface area contributed by atoms with E-state index >= 15 is 0 Å². The highest BCUT2D eigenvalue weighted by Crippen LogP contribution is 2.74. The highest BCUT2D eigenvalue weighted by Gasteiger charge is 2.77. The first kappa shape index (κ1) is 15.5. The molecule has 0 aliphatic heterocycles. The van der Waals surface area contributed by atoms with Crippen LogP contribution in [0.5, 0.6) is 0 Å². The molecule has 0 radical (unpaired) electrons. The maximum Gasteiger partial charge on any atom is 0.166 e. The first-order valence-corrected chi connectivity index (χ1v) is 7.67. The molecule has 1 nitrogen and oxygen atoms in total. The zero-order chi connectivity index (χ0) is 13.9. The molecule has 0 N–H and O–H groups in total. The molecule has 1 saturated carbocycles. The molecule has 18 heavy (non-hydrogen) atoms. The summed E-state index contributed by atoms with van der Waals surface area (Å²) < 4.78 is -1.47.